The summed E-state index contributed by atoms with van der Waals surface area (Å²) >= 11 is 0. The lowest BCUT2D eigenvalue weighted by Gasteiger charge is -2.10. The van der Waals surface area contributed by atoms with E-state index < -0.39 is 0 Å². The Balaban J connectivity index is 1.79. The molecule has 1 heterocycles. The number of hydrogen-bond donors (Lipinski definition) is 1. The molecule has 3 aromatic rings. The largest absolute Gasteiger partial charge is 0.457 e. The zero-order chi connectivity index (χ0) is 16.1. The van der Waals surface area contributed by atoms with Crippen molar-refractivity contribution in [3.8, 4) is 23.1 Å². The van der Waals surface area contributed by atoms with Gasteiger partial charge in [0.25, 0.3) is 0 Å². The van der Waals surface area contributed by atoms with E-state index >= 15 is 0 Å². The van der Waals surface area contributed by atoms with E-state index in [2.05, 4.69) is 4.98 Å². The van der Waals surface area contributed by atoms with Crippen LogP contribution in [-0.4, -0.2) is 4.98 Å². The molecule has 0 atom stereocenters. The van der Waals surface area contributed by atoms with E-state index in [-0.39, 0.29) is 0 Å². The Morgan fingerprint density at radius 1 is 0.826 bits per heavy atom. The van der Waals surface area contributed by atoms with E-state index in [1.807, 2.05) is 73.7 Å². The minimum atomic E-state index is 0.455. The molecule has 4 nitrogen and oxygen atoms in total. The van der Waals surface area contributed by atoms with Gasteiger partial charge in [-0.2, -0.15) is 0 Å². The standard InChI is InChI=1S/C19H18N2O2/c1-14-10-15(13-20)11-19(21-14)23-18-9-5-8-17(12-18)22-16-6-3-2-4-7-16/h2-12H,13,20H2,1H3. The Hall–Kier alpha value is -2.85. The van der Waals surface area contributed by atoms with Crippen LogP contribution in [-0.2, 0) is 6.54 Å². The molecule has 0 aliphatic heterocycles. The molecular weight excluding hydrogens is 288 g/mol. The summed E-state index contributed by atoms with van der Waals surface area (Å²) in [5, 5.41) is 0. The molecule has 23 heavy (non-hydrogen) atoms. The zero-order valence-corrected chi connectivity index (χ0v) is 12.9. The first-order valence-corrected chi connectivity index (χ1v) is 7.41. The molecule has 2 N–H and O–H groups in total. The minimum Gasteiger partial charge on any atom is -0.457 e. The predicted molar refractivity (Wildman–Crippen MR) is 89.9 cm³/mol. The van der Waals surface area contributed by atoms with E-state index in [4.69, 9.17) is 15.2 Å². The van der Waals surface area contributed by atoms with Crippen molar-refractivity contribution in [1.82, 2.24) is 4.98 Å². The van der Waals surface area contributed by atoms with Crippen LogP contribution in [0.4, 0.5) is 0 Å². The average molecular weight is 306 g/mol. The van der Waals surface area contributed by atoms with Gasteiger partial charge in [-0.3, -0.25) is 0 Å². The monoisotopic (exact) mass is 306 g/mol. The third-order valence-corrected chi connectivity index (χ3v) is 3.23. The van der Waals surface area contributed by atoms with Crippen LogP contribution < -0.4 is 15.2 Å². The van der Waals surface area contributed by atoms with Gasteiger partial charge in [-0.05, 0) is 42.8 Å². The Kier molecular flexibility index (Phi) is 4.54. The number of benzene rings is 2. The normalized spacial score (nSPS) is 10.3. The van der Waals surface area contributed by atoms with Crippen molar-refractivity contribution in [2.24, 2.45) is 5.73 Å². The summed E-state index contributed by atoms with van der Waals surface area (Å²) in [7, 11) is 0. The molecule has 0 aliphatic rings. The summed E-state index contributed by atoms with van der Waals surface area (Å²) in [4.78, 5) is 4.37. The second-order valence-electron chi connectivity index (χ2n) is 5.15. The van der Waals surface area contributed by atoms with Crippen molar-refractivity contribution in [1.29, 1.82) is 0 Å². The van der Waals surface area contributed by atoms with Gasteiger partial charge in [-0.1, -0.05) is 24.3 Å². The van der Waals surface area contributed by atoms with Gasteiger partial charge in [0.2, 0.25) is 5.88 Å². The van der Waals surface area contributed by atoms with Crippen LogP contribution in [0.2, 0.25) is 0 Å². The summed E-state index contributed by atoms with van der Waals surface area (Å²) < 4.78 is 11.6. The molecular formula is C19H18N2O2. The smallest absolute Gasteiger partial charge is 0.219 e. The van der Waals surface area contributed by atoms with Crippen LogP contribution in [0, 0.1) is 6.92 Å². The first-order chi connectivity index (χ1) is 11.2. The minimum absolute atomic E-state index is 0.455. The number of hydrogen-bond acceptors (Lipinski definition) is 4. The van der Waals surface area contributed by atoms with Gasteiger partial charge in [-0.15, -0.1) is 0 Å². The number of pyridine rings is 1. The van der Waals surface area contributed by atoms with Crippen LogP contribution in [0.5, 0.6) is 23.1 Å². The fourth-order valence-corrected chi connectivity index (χ4v) is 2.22. The van der Waals surface area contributed by atoms with Gasteiger partial charge < -0.3 is 15.2 Å². The second kappa shape index (κ2) is 6.94. The third-order valence-electron chi connectivity index (χ3n) is 3.23. The number of rotatable bonds is 5. The molecule has 0 radical (unpaired) electrons. The molecule has 1 aromatic heterocycles. The summed E-state index contributed by atoms with van der Waals surface area (Å²) in [5.41, 5.74) is 7.55. The van der Waals surface area contributed by atoms with Gasteiger partial charge in [0.15, 0.2) is 0 Å². The number of para-hydroxylation sites is 1. The summed E-state index contributed by atoms with van der Waals surface area (Å²) in [6, 6.07) is 20.9. The third kappa shape index (κ3) is 4.08. The highest BCUT2D eigenvalue weighted by atomic mass is 16.5. The highest BCUT2D eigenvalue weighted by Gasteiger charge is 2.04. The Morgan fingerprint density at radius 2 is 1.52 bits per heavy atom. The first kappa shape index (κ1) is 15.1. The van der Waals surface area contributed by atoms with Crippen LogP contribution in [0.3, 0.4) is 0 Å². The summed E-state index contributed by atoms with van der Waals surface area (Å²) in [6.07, 6.45) is 0. The predicted octanol–water partition coefficient (Wildman–Crippen LogP) is 4.43. The van der Waals surface area contributed by atoms with Gasteiger partial charge in [0.1, 0.15) is 17.2 Å². The fourth-order valence-electron chi connectivity index (χ4n) is 2.22. The molecule has 0 fully saturated rings. The van der Waals surface area contributed by atoms with Crippen molar-refractivity contribution in [3.05, 3.63) is 78.0 Å². The van der Waals surface area contributed by atoms with Crippen molar-refractivity contribution >= 4 is 0 Å². The molecule has 2 aromatic carbocycles. The molecule has 0 amide bonds. The second-order valence-corrected chi connectivity index (χ2v) is 5.15. The van der Waals surface area contributed by atoms with Crippen LogP contribution in [0.15, 0.2) is 66.7 Å². The quantitative estimate of drug-likeness (QED) is 0.757. The van der Waals surface area contributed by atoms with E-state index in [0.29, 0.717) is 23.9 Å². The van der Waals surface area contributed by atoms with Gasteiger partial charge in [-0.25, -0.2) is 4.98 Å². The number of nitrogens with two attached hydrogens (primary N) is 1. The molecule has 0 bridgehead atoms. The first-order valence-electron chi connectivity index (χ1n) is 7.41. The number of aryl methyl sites for hydroxylation is 1. The number of nitrogens with zero attached hydrogens (tertiary/aromatic N) is 1. The molecule has 0 saturated carbocycles. The van der Waals surface area contributed by atoms with Crippen molar-refractivity contribution < 1.29 is 9.47 Å². The lowest BCUT2D eigenvalue weighted by Crippen LogP contribution is -1.99. The van der Waals surface area contributed by atoms with Crippen LogP contribution in [0.25, 0.3) is 0 Å². The molecule has 3 rings (SSSR count). The highest BCUT2D eigenvalue weighted by molar-refractivity contribution is 5.38. The van der Waals surface area contributed by atoms with Crippen LogP contribution in [0.1, 0.15) is 11.3 Å². The molecule has 0 spiro atoms. The molecule has 0 saturated heterocycles. The Bertz CT molecular complexity index is 788. The van der Waals surface area contributed by atoms with Crippen LogP contribution >= 0.6 is 0 Å². The average Bonchev–Trinajstić information content (AvgIpc) is 2.55. The van der Waals surface area contributed by atoms with Gasteiger partial charge >= 0.3 is 0 Å². The van der Waals surface area contributed by atoms with E-state index in [9.17, 15) is 0 Å². The molecule has 116 valence electrons. The topological polar surface area (TPSA) is 57.4 Å². The number of ether oxygens (including phenoxy) is 2. The van der Waals surface area contributed by atoms with Crippen molar-refractivity contribution in [2.75, 3.05) is 0 Å². The lowest BCUT2D eigenvalue weighted by atomic mass is 10.2. The number of aromatic nitrogens is 1. The molecule has 0 aliphatic carbocycles. The molecule has 0 unspecified atom stereocenters. The molecule has 4 heteroatoms. The fraction of sp³-hybridized carbons (Fsp3) is 0.105. The Labute approximate surface area is 135 Å². The maximum absolute atomic E-state index is 5.83. The maximum Gasteiger partial charge on any atom is 0.219 e. The van der Waals surface area contributed by atoms with Crippen molar-refractivity contribution in [3.63, 3.8) is 0 Å². The summed E-state index contributed by atoms with van der Waals surface area (Å²) in [5.74, 6) is 2.69. The van der Waals surface area contributed by atoms with Crippen molar-refractivity contribution in [2.45, 2.75) is 13.5 Å². The Morgan fingerprint density at radius 3 is 2.26 bits per heavy atom. The zero-order valence-electron chi connectivity index (χ0n) is 12.9. The lowest BCUT2D eigenvalue weighted by molar-refractivity contribution is 0.447. The van der Waals surface area contributed by atoms with Gasteiger partial charge in [0, 0.05) is 24.4 Å². The van der Waals surface area contributed by atoms with E-state index in [1.165, 1.54) is 0 Å². The van der Waals surface area contributed by atoms with E-state index in [0.717, 1.165) is 17.0 Å². The maximum atomic E-state index is 5.83. The van der Waals surface area contributed by atoms with E-state index in [1.54, 1.807) is 0 Å². The van der Waals surface area contributed by atoms with Gasteiger partial charge in [0.05, 0.1) is 0 Å². The highest BCUT2D eigenvalue weighted by Crippen LogP contribution is 2.28. The SMILES string of the molecule is Cc1cc(CN)cc(Oc2cccc(Oc3ccccc3)c2)n1. The summed E-state index contributed by atoms with van der Waals surface area (Å²) in [6.45, 7) is 2.37.